The van der Waals surface area contributed by atoms with Gasteiger partial charge in [-0.1, -0.05) is 31.2 Å². The lowest BCUT2D eigenvalue weighted by molar-refractivity contribution is -0.119. The molecule has 4 heteroatoms. The van der Waals surface area contributed by atoms with E-state index in [-0.39, 0.29) is 11.9 Å². The van der Waals surface area contributed by atoms with Crippen molar-refractivity contribution in [3.63, 3.8) is 0 Å². The Morgan fingerprint density at radius 3 is 2.76 bits per heavy atom. The van der Waals surface area contributed by atoms with Gasteiger partial charge in [0.1, 0.15) is 0 Å². The van der Waals surface area contributed by atoms with Crippen molar-refractivity contribution in [2.24, 2.45) is 5.73 Å². The number of amides is 1. The maximum absolute atomic E-state index is 11.1. The molecule has 1 aromatic carbocycles. The normalized spacial score (nSPS) is 12.4. The van der Waals surface area contributed by atoms with Crippen LogP contribution in [0.15, 0.2) is 24.3 Å². The standard InChI is InChI=1S/C13H20N2OS/c1-3-15-12(13(14)16)9-17-8-11-7-5-4-6-10(11)2/h4-7,12,15H,3,8-9H2,1-2H3,(H2,14,16). The molecule has 1 aromatic rings. The van der Waals surface area contributed by atoms with Gasteiger partial charge in [0.05, 0.1) is 6.04 Å². The Labute approximate surface area is 107 Å². The number of nitrogens with one attached hydrogen (secondary N) is 1. The number of aryl methyl sites for hydroxylation is 1. The number of thioether (sulfide) groups is 1. The molecular formula is C13H20N2OS. The predicted octanol–water partition coefficient (Wildman–Crippen LogP) is 1.69. The highest BCUT2D eigenvalue weighted by Crippen LogP contribution is 2.16. The summed E-state index contributed by atoms with van der Waals surface area (Å²) in [5.41, 5.74) is 7.93. The van der Waals surface area contributed by atoms with Crippen molar-refractivity contribution >= 4 is 17.7 Å². The monoisotopic (exact) mass is 252 g/mol. The molecule has 0 heterocycles. The molecule has 0 aliphatic heterocycles. The van der Waals surface area contributed by atoms with Gasteiger partial charge in [-0.3, -0.25) is 4.79 Å². The van der Waals surface area contributed by atoms with E-state index in [1.807, 2.05) is 19.1 Å². The number of hydrogen-bond acceptors (Lipinski definition) is 3. The van der Waals surface area contributed by atoms with E-state index in [2.05, 4.69) is 24.4 Å². The van der Waals surface area contributed by atoms with E-state index in [4.69, 9.17) is 5.73 Å². The summed E-state index contributed by atoms with van der Waals surface area (Å²) in [5.74, 6) is 1.36. The molecule has 0 radical (unpaired) electrons. The molecule has 0 spiro atoms. The van der Waals surface area contributed by atoms with E-state index in [0.717, 1.165) is 18.1 Å². The average molecular weight is 252 g/mol. The first kappa shape index (κ1) is 14.1. The number of primary amides is 1. The summed E-state index contributed by atoms with van der Waals surface area (Å²) >= 11 is 1.73. The Morgan fingerprint density at radius 1 is 1.47 bits per heavy atom. The van der Waals surface area contributed by atoms with Crippen LogP contribution in [0.2, 0.25) is 0 Å². The molecule has 3 N–H and O–H groups in total. The molecule has 1 unspecified atom stereocenters. The van der Waals surface area contributed by atoms with Crippen molar-refractivity contribution in [2.45, 2.75) is 25.6 Å². The molecule has 3 nitrogen and oxygen atoms in total. The number of nitrogens with two attached hydrogens (primary N) is 1. The third-order valence-corrected chi connectivity index (χ3v) is 3.68. The van der Waals surface area contributed by atoms with Gasteiger partial charge in [-0.05, 0) is 24.6 Å². The summed E-state index contributed by atoms with van der Waals surface area (Å²) in [7, 11) is 0. The zero-order chi connectivity index (χ0) is 12.7. The highest BCUT2D eigenvalue weighted by Gasteiger charge is 2.13. The summed E-state index contributed by atoms with van der Waals surface area (Å²) < 4.78 is 0. The van der Waals surface area contributed by atoms with Crippen molar-refractivity contribution in [3.05, 3.63) is 35.4 Å². The van der Waals surface area contributed by atoms with Crippen LogP contribution in [0.1, 0.15) is 18.1 Å². The Balaban J connectivity index is 2.41. The van der Waals surface area contributed by atoms with E-state index in [1.54, 1.807) is 11.8 Å². The Kier molecular flexibility index (Phi) is 6.08. The summed E-state index contributed by atoms with van der Waals surface area (Å²) in [6, 6.07) is 8.07. The largest absolute Gasteiger partial charge is 0.368 e. The quantitative estimate of drug-likeness (QED) is 0.776. The van der Waals surface area contributed by atoms with Crippen LogP contribution < -0.4 is 11.1 Å². The maximum atomic E-state index is 11.1. The molecule has 0 aliphatic rings. The van der Waals surface area contributed by atoms with Gasteiger partial charge in [0, 0.05) is 11.5 Å². The smallest absolute Gasteiger partial charge is 0.235 e. The fourth-order valence-corrected chi connectivity index (χ4v) is 2.73. The van der Waals surface area contributed by atoms with Crippen molar-refractivity contribution in [1.29, 1.82) is 0 Å². The van der Waals surface area contributed by atoms with Crippen LogP contribution in [0.25, 0.3) is 0 Å². The second-order valence-corrected chi connectivity index (χ2v) is 4.98. The molecule has 1 rings (SSSR count). The first-order chi connectivity index (χ1) is 8.15. The van der Waals surface area contributed by atoms with E-state index >= 15 is 0 Å². The van der Waals surface area contributed by atoms with Crippen LogP contribution in [-0.2, 0) is 10.5 Å². The second kappa shape index (κ2) is 7.35. The molecule has 0 saturated carbocycles. The van der Waals surface area contributed by atoms with Gasteiger partial charge in [-0.2, -0.15) is 11.8 Å². The molecule has 1 atom stereocenters. The van der Waals surface area contributed by atoms with Crippen LogP contribution in [0.5, 0.6) is 0 Å². The average Bonchev–Trinajstić information content (AvgIpc) is 2.30. The molecule has 1 amide bonds. The molecule has 94 valence electrons. The van der Waals surface area contributed by atoms with Gasteiger partial charge in [0.2, 0.25) is 5.91 Å². The molecular weight excluding hydrogens is 232 g/mol. The van der Waals surface area contributed by atoms with E-state index in [9.17, 15) is 4.79 Å². The van der Waals surface area contributed by atoms with Crippen molar-refractivity contribution in [3.8, 4) is 0 Å². The zero-order valence-corrected chi connectivity index (χ0v) is 11.2. The number of likely N-dealkylation sites (N-methyl/N-ethyl adjacent to an activating group) is 1. The number of carbonyl (C=O) groups is 1. The van der Waals surface area contributed by atoms with E-state index < -0.39 is 0 Å². The molecule has 0 saturated heterocycles. The predicted molar refractivity (Wildman–Crippen MR) is 74.0 cm³/mol. The van der Waals surface area contributed by atoms with Gasteiger partial charge >= 0.3 is 0 Å². The van der Waals surface area contributed by atoms with Gasteiger partial charge in [-0.15, -0.1) is 0 Å². The van der Waals surface area contributed by atoms with Gasteiger partial charge in [-0.25, -0.2) is 0 Å². The topological polar surface area (TPSA) is 55.1 Å². The minimum absolute atomic E-state index is 0.228. The lowest BCUT2D eigenvalue weighted by Gasteiger charge is -2.13. The van der Waals surface area contributed by atoms with Crippen molar-refractivity contribution in [2.75, 3.05) is 12.3 Å². The van der Waals surface area contributed by atoms with Crippen molar-refractivity contribution in [1.82, 2.24) is 5.32 Å². The van der Waals surface area contributed by atoms with Gasteiger partial charge in [0.25, 0.3) is 0 Å². The van der Waals surface area contributed by atoms with E-state index in [1.165, 1.54) is 11.1 Å². The van der Waals surface area contributed by atoms with Gasteiger partial charge in [0.15, 0.2) is 0 Å². The lowest BCUT2D eigenvalue weighted by atomic mass is 10.1. The summed E-state index contributed by atoms with van der Waals surface area (Å²) in [5, 5.41) is 3.09. The Bertz CT molecular complexity index is 368. The number of rotatable bonds is 7. The van der Waals surface area contributed by atoms with Crippen LogP contribution in [-0.4, -0.2) is 24.2 Å². The molecule has 0 fully saturated rings. The summed E-state index contributed by atoms with van der Waals surface area (Å²) in [6.07, 6.45) is 0. The fraction of sp³-hybridized carbons (Fsp3) is 0.462. The highest BCUT2D eigenvalue weighted by atomic mass is 32.2. The van der Waals surface area contributed by atoms with Gasteiger partial charge < -0.3 is 11.1 Å². The number of carbonyl (C=O) groups excluding carboxylic acids is 1. The first-order valence-electron chi connectivity index (χ1n) is 5.80. The molecule has 0 aromatic heterocycles. The molecule has 0 aliphatic carbocycles. The zero-order valence-electron chi connectivity index (χ0n) is 10.4. The third-order valence-electron chi connectivity index (χ3n) is 2.60. The fourth-order valence-electron chi connectivity index (χ4n) is 1.55. The first-order valence-corrected chi connectivity index (χ1v) is 6.95. The number of hydrogen-bond donors (Lipinski definition) is 2. The van der Waals surface area contributed by atoms with Crippen LogP contribution >= 0.6 is 11.8 Å². The van der Waals surface area contributed by atoms with Crippen molar-refractivity contribution < 1.29 is 4.79 Å². The molecule has 0 bridgehead atoms. The summed E-state index contributed by atoms with van der Waals surface area (Å²) in [4.78, 5) is 11.1. The minimum Gasteiger partial charge on any atom is -0.368 e. The number of benzene rings is 1. The Hall–Kier alpha value is -1.00. The molecule has 17 heavy (non-hydrogen) atoms. The lowest BCUT2D eigenvalue weighted by Crippen LogP contribution is -2.43. The van der Waals surface area contributed by atoms with Crippen LogP contribution in [0.3, 0.4) is 0 Å². The van der Waals surface area contributed by atoms with Crippen LogP contribution in [0.4, 0.5) is 0 Å². The van der Waals surface area contributed by atoms with Crippen LogP contribution in [0, 0.1) is 6.92 Å². The summed E-state index contributed by atoms with van der Waals surface area (Å²) in [6.45, 7) is 4.84. The SMILES string of the molecule is CCNC(CSCc1ccccc1C)C(N)=O. The van der Waals surface area contributed by atoms with E-state index in [0.29, 0.717) is 0 Å². The highest BCUT2D eigenvalue weighted by molar-refractivity contribution is 7.98. The second-order valence-electron chi connectivity index (χ2n) is 3.95. The third kappa shape index (κ3) is 4.79. The maximum Gasteiger partial charge on any atom is 0.235 e. The minimum atomic E-state index is -0.274. The Morgan fingerprint density at radius 2 is 2.18 bits per heavy atom.